The van der Waals surface area contributed by atoms with Crippen LogP contribution in [0.3, 0.4) is 0 Å². The lowest BCUT2D eigenvalue weighted by Crippen LogP contribution is -2.41. The van der Waals surface area contributed by atoms with E-state index in [0.29, 0.717) is 0 Å². The summed E-state index contributed by atoms with van der Waals surface area (Å²) in [4.78, 5) is 0. The number of hydrogen-bond acceptors (Lipinski definition) is 2. The summed E-state index contributed by atoms with van der Waals surface area (Å²) in [5.74, 6) is 0. The lowest BCUT2D eigenvalue weighted by Gasteiger charge is -2.43. The van der Waals surface area contributed by atoms with Gasteiger partial charge in [-0.1, -0.05) is 141 Å². The highest BCUT2D eigenvalue weighted by Crippen LogP contribution is 2.60. The van der Waals surface area contributed by atoms with Crippen LogP contribution in [0, 0.1) is 5.41 Å². The molecule has 268 valence electrons. The Morgan fingerprint density at radius 1 is 0.481 bits per heavy atom. The summed E-state index contributed by atoms with van der Waals surface area (Å²) in [5, 5.41) is 0. The van der Waals surface area contributed by atoms with Gasteiger partial charge in [-0.15, -0.1) is 0 Å². The van der Waals surface area contributed by atoms with Crippen LogP contribution in [0.1, 0.15) is 106 Å². The first-order chi connectivity index (χ1) is 27.4. The van der Waals surface area contributed by atoms with E-state index in [1.54, 1.807) is 0 Å². The van der Waals surface area contributed by atoms with Crippen molar-refractivity contribution in [2.24, 2.45) is 5.41 Å². The minimum Gasteiger partial charge on any atom is -0.399 e. The van der Waals surface area contributed by atoms with Crippen LogP contribution in [0.2, 0.25) is 0 Å². The molecule has 1 saturated heterocycles. The highest BCUT2D eigenvalue weighted by Gasteiger charge is 2.53. The number of benzene rings is 6. The van der Waals surface area contributed by atoms with Crippen molar-refractivity contribution in [1.29, 1.82) is 0 Å². The normalized spacial score (nSPS) is 23.3. The maximum Gasteiger partial charge on any atom is 0.494 e. The summed E-state index contributed by atoms with van der Waals surface area (Å²) in [7, 11) is -0.519. The van der Waals surface area contributed by atoms with Gasteiger partial charge in [0, 0.05) is 10.9 Å². The first kappa shape index (κ1) is 29.6. The first-order valence-corrected chi connectivity index (χ1v) is 19.4. The van der Waals surface area contributed by atoms with Gasteiger partial charge < -0.3 is 9.31 Å². The molecule has 4 aliphatic rings. The van der Waals surface area contributed by atoms with Crippen LogP contribution in [-0.4, -0.2) is 18.3 Å². The molecule has 6 aromatic carbocycles. The molecule has 1 aliphatic heterocycles. The quantitative estimate of drug-likeness (QED) is 0.170. The Hall–Kier alpha value is -4.70. The molecular weight excluding hydrogens is 655 g/mol. The van der Waals surface area contributed by atoms with Crippen molar-refractivity contribution in [3.05, 3.63) is 173 Å². The fourth-order valence-corrected chi connectivity index (χ4v) is 9.52. The topological polar surface area (TPSA) is 18.5 Å². The molecule has 6 aromatic rings. The van der Waals surface area contributed by atoms with E-state index in [-0.39, 0.29) is 12.8 Å². The summed E-state index contributed by atoms with van der Waals surface area (Å²) in [5.41, 5.74) is 9.58. The van der Waals surface area contributed by atoms with Gasteiger partial charge in [0.1, 0.15) is 0 Å². The standard InChI is InChI=1S/C51H49BO2/c1-47(2)27-29-50(30-28-47)43-20-14-13-19-39(43)40-24-21-34(31-44(40)50)35-22-25-41-42-26-23-38(52-53-48(3,4)49(5,6)54-52)33-46(42)51(45(41)32-35,36-15-9-7-10-16-36)37-17-11-8-12-18-37/h7-26,31-33H,27-30H2,1-6H3/i29D2,30D2. The van der Waals surface area contributed by atoms with E-state index in [2.05, 4.69) is 143 Å². The second-order valence-corrected chi connectivity index (χ2v) is 17.6. The molecule has 0 N–H and O–H groups in total. The summed E-state index contributed by atoms with van der Waals surface area (Å²) in [6.07, 6.45) is -3.16. The average molecular weight is 709 g/mol. The molecule has 0 unspecified atom stereocenters. The summed E-state index contributed by atoms with van der Waals surface area (Å²) in [6.45, 7) is 12.4. The summed E-state index contributed by atoms with van der Waals surface area (Å²) in [6, 6.07) is 49.2. The van der Waals surface area contributed by atoms with Gasteiger partial charge in [0.2, 0.25) is 0 Å². The van der Waals surface area contributed by atoms with E-state index < -0.39 is 47.3 Å². The van der Waals surface area contributed by atoms with Crippen molar-refractivity contribution in [3.63, 3.8) is 0 Å². The van der Waals surface area contributed by atoms with Gasteiger partial charge >= 0.3 is 7.12 Å². The Bertz CT molecular complexity index is 2560. The zero-order valence-electron chi connectivity index (χ0n) is 36.1. The van der Waals surface area contributed by atoms with Crippen molar-refractivity contribution in [1.82, 2.24) is 0 Å². The second-order valence-electron chi connectivity index (χ2n) is 17.6. The smallest absolute Gasteiger partial charge is 0.399 e. The van der Waals surface area contributed by atoms with E-state index in [1.165, 1.54) is 5.56 Å². The Kier molecular flexibility index (Phi) is 6.40. The van der Waals surface area contributed by atoms with Crippen molar-refractivity contribution < 1.29 is 14.8 Å². The van der Waals surface area contributed by atoms with Crippen LogP contribution in [0.5, 0.6) is 0 Å². The predicted octanol–water partition coefficient (Wildman–Crippen LogP) is 11.9. The first-order valence-electron chi connectivity index (χ1n) is 21.4. The molecule has 0 atom stereocenters. The van der Waals surface area contributed by atoms with Crippen molar-refractivity contribution in [3.8, 4) is 33.4 Å². The molecule has 3 aliphatic carbocycles. The number of rotatable bonds is 4. The third kappa shape index (κ3) is 4.74. The molecule has 0 amide bonds. The van der Waals surface area contributed by atoms with Crippen LogP contribution in [0.15, 0.2) is 140 Å². The van der Waals surface area contributed by atoms with Crippen molar-refractivity contribution in [2.45, 2.75) is 89.2 Å². The highest BCUT2D eigenvalue weighted by molar-refractivity contribution is 6.62. The van der Waals surface area contributed by atoms with Gasteiger partial charge in [-0.2, -0.15) is 0 Å². The number of hydrogen-bond donors (Lipinski definition) is 0. The zero-order valence-corrected chi connectivity index (χ0v) is 32.1. The average Bonchev–Trinajstić information content (AvgIpc) is 3.73. The molecule has 1 heterocycles. The summed E-state index contributed by atoms with van der Waals surface area (Å²) >= 11 is 0. The minimum absolute atomic E-state index is 0.263. The van der Waals surface area contributed by atoms with Gasteiger partial charge in [-0.25, -0.2) is 0 Å². The van der Waals surface area contributed by atoms with E-state index in [4.69, 9.17) is 9.31 Å². The lowest BCUT2D eigenvalue weighted by molar-refractivity contribution is 0.00578. The molecule has 0 bridgehead atoms. The highest BCUT2D eigenvalue weighted by atomic mass is 16.7. The third-order valence-corrected chi connectivity index (χ3v) is 13.1. The van der Waals surface area contributed by atoms with Crippen molar-refractivity contribution >= 4 is 12.6 Å². The molecule has 3 heteroatoms. The molecule has 10 rings (SSSR count). The van der Waals surface area contributed by atoms with E-state index in [9.17, 15) is 5.48 Å². The number of fused-ring (bicyclic) bond motifs is 8. The van der Waals surface area contributed by atoms with E-state index >= 15 is 0 Å². The maximum absolute atomic E-state index is 9.77. The molecule has 1 spiro atoms. The fourth-order valence-electron chi connectivity index (χ4n) is 9.52. The molecule has 1 saturated carbocycles. The molecule has 2 fully saturated rings. The van der Waals surface area contributed by atoms with Crippen LogP contribution < -0.4 is 5.46 Å². The third-order valence-electron chi connectivity index (χ3n) is 13.1. The van der Waals surface area contributed by atoms with Gasteiger partial charge in [-0.3, -0.25) is 0 Å². The zero-order chi connectivity index (χ0) is 40.7. The van der Waals surface area contributed by atoms with E-state index in [0.717, 1.165) is 66.7 Å². The monoisotopic (exact) mass is 708 g/mol. The largest absolute Gasteiger partial charge is 0.494 e. The molecule has 54 heavy (non-hydrogen) atoms. The van der Waals surface area contributed by atoms with E-state index in [1.807, 2.05) is 38.1 Å². The summed E-state index contributed by atoms with van der Waals surface area (Å²) < 4.78 is 52.3. The van der Waals surface area contributed by atoms with Crippen LogP contribution in [0.25, 0.3) is 33.4 Å². The molecule has 0 aromatic heterocycles. The Morgan fingerprint density at radius 3 is 1.54 bits per heavy atom. The fraction of sp³-hybridized carbons (Fsp3) is 0.294. The maximum atomic E-state index is 9.77. The molecular formula is C51H49BO2. The lowest BCUT2D eigenvalue weighted by atomic mass is 9.61. The van der Waals surface area contributed by atoms with Crippen molar-refractivity contribution in [2.75, 3.05) is 0 Å². The predicted molar refractivity (Wildman–Crippen MR) is 223 cm³/mol. The molecule has 2 nitrogen and oxygen atoms in total. The van der Waals surface area contributed by atoms with Crippen LogP contribution >= 0.6 is 0 Å². The Labute approximate surface area is 327 Å². The second kappa shape index (κ2) is 11.7. The SMILES string of the molecule is [2H]C1([2H])CC(C)(C)CC([2H])([2H])C12c1ccccc1-c1ccc(-c3ccc4c(c3)C(c3ccccc3)(c3ccccc3)c3cc(B5OC(C)(C)C(C)(C)O5)ccc3-4)cc12. The molecule has 0 radical (unpaired) electrons. The van der Waals surface area contributed by atoms with Gasteiger partial charge in [0.05, 0.1) is 16.6 Å². The van der Waals surface area contributed by atoms with Crippen LogP contribution in [0.4, 0.5) is 0 Å². The van der Waals surface area contributed by atoms with Gasteiger partial charge in [0.25, 0.3) is 0 Å². The minimum atomic E-state index is -1.84. The van der Waals surface area contributed by atoms with Gasteiger partial charge in [0.15, 0.2) is 0 Å². The Morgan fingerprint density at radius 2 is 0.944 bits per heavy atom. The van der Waals surface area contributed by atoms with Crippen LogP contribution in [-0.2, 0) is 20.1 Å². The van der Waals surface area contributed by atoms with Gasteiger partial charge in [-0.05, 0) is 143 Å². The Balaban J connectivity index is 1.20.